The van der Waals surface area contributed by atoms with E-state index in [4.69, 9.17) is 9.47 Å². The largest absolute Gasteiger partial charge is 0.486 e. The van der Waals surface area contributed by atoms with Crippen molar-refractivity contribution < 1.29 is 14.6 Å². The molecule has 3 nitrogen and oxygen atoms in total. The number of rotatable bonds is 1. The Kier molecular flexibility index (Phi) is 2.16. The summed E-state index contributed by atoms with van der Waals surface area (Å²) in [6.45, 7) is 1.18. The van der Waals surface area contributed by atoms with Crippen LogP contribution in [-0.4, -0.2) is 18.3 Å². The first-order valence-electron chi connectivity index (χ1n) is 6.93. The van der Waals surface area contributed by atoms with Crippen LogP contribution in [0.15, 0.2) is 18.2 Å². The van der Waals surface area contributed by atoms with Crippen LogP contribution in [0.4, 0.5) is 0 Å². The molecule has 0 spiro atoms. The van der Waals surface area contributed by atoms with Gasteiger partial charge in [0.15, 0.2) is 11.5 Å². The van der Waals surface area contributed by atoms with E-state index in [2.05, 4.69) is 0 Å². The molecule has 1 aromatic rings. The van der Waals surface area contributed by atoms with Crippen LogP contribution in [0.5, 0.6) is 11.5 Å². The van der Waals surface area contributed by atoms with Gasteiger partial charge >= 0.3 is 0 Å². The zero-order valence-electron chi connectivity index (χ0n) is 10.4. The molecular weight excluding hydrogens is 228 g/mol. The summed E-state index contributed by atoms with van der Waals surface area (Å²) in [5.41, 5.74) is 0.305. The Balaban J connectivity index is 1.77. The lowest BCUT2D eigenvalue weighted by molar-refractivity contribution is 0.105. The van der Waals surface area contributed by atoms with Crippen molar-refractivity contribution in [3.8, 4) is 11.5 Å². The smallest absolute Gasteiger partial charge is 0.167 e. The molecule has 3 heteroatoms. The number of hydrogen-bond acceptors (Lipinski definition) is 3. The summed E-state index contributed by atoms with van der Waals surface area (Å²) in [5.74, 6) is 2.43. The zero-order valence-corrected chi connectivity index (χ0v) is 10.4. The lowest BCUT2D eigenvalue weighted by atomic mass is 10.0. The van der Waals surface area contributed by atoms with E-state index in [9.17, 15) is 5.11 Å². The number of ether oxygens (including phenoxy) is 2. The highest BCUT2D eigenvalue weighted by Gasteiger charge is 2.65. The molecule has 2 unspecified atom stereocenters. The second kappa shape index (κ2) is 3.64. The average molecular weight is 246 g/mol. The third-order valence-electron chi connectivity index (χ3n) is 4.79. The monoisotopic (exact) mass is 246 g/mol. The average Bonchev–Trinajstić information content (AvgIpc) is 3.06. The highest BCUT2D eigenvalue weighted by Crippen LogP contribution is 2.66. The fourth-order valence-electron chi connectivity index (χ4n) is 3.88. The highest BCUT2D eigenvalue weighted by molar-refractivity contribution is 5.53. The van der Waals surface area contributed by atoms with Gasteiger partial charge in [-0.3, -0.25) is 0 Å². The van der Waals surface area contributed by atoms with Gasteiger partial charge in [0, 0.05) is 5.56 Å². The van der Waals surface area contributed by atoms with Gasteiger partial charge in [-0.15, -0.1) is 0 Å². The van der Waals surface area contributed by atoms with Crippen LogP contribution in [0.1, 0.15) is 31.2 Å². The maximum absolute atomic E-state index is 11.0. The predicted molar refractivity (Wildman–Crippen MR) is 66.8 cm³/mol. The summed E-state index contributed by atoms with van der Waals surface area (Å²) < 4.78 is 11.3. The quantitative estimate of drug-likeness (QED) is 0.827. The predicted octanol–water partition coefficient (Wildman–Crippen LogP) is 2.47. The molecule has 96 valence electrons. The topological polar surface area (TPSA) is 38.7 Å². The summed E-state index contributed by atoms with van der Waals surface area (Å²) in [6.07, 6.45) is 4.78. The third-order valence-corrected chi connectivity index (χ3v) is 4.79. The van der Waals surface area contributed by atoms with Crippen LogP contribution >= 0.6 is 0 Å². The standard InChI is InChI=1S/C15H18O3/c16-15(10-4-1-2-5-11(10)15)12-6-3-7-13-14(12)18-9-8-17-13/h3,6-7,10-11,16H,1-2,4-5,8-9H2. The second-order valence-corrected chi connectivity index (χ2v) is 5.65. The molecule has 0 aromatic heterocycles. The van der Waals surface area contributed by atoms with E-state index in [1.165, 1.54) is 12.8 Å². The van der Waals surface area contributed by atoms with Crippen molar-refractivity contribution in [2.75, 3.05) is 13.2 Å². The molecule has 2 atom stereocenters. The van der Waals surface area contributed by atoms with Gasteiger partial charge in [0.1, 0.15) is 13.2 Å². The van der Waals surface area contributed by atoms with Crippen molar-refractivity contribution in [2.24, 2.45) is 11.8 Å². The highest BCUT2D eigenvalue weighted by atomic mass is 16.6. The molecule has 0 radical (unpaired) electrons. The second-order valence-electron chi connectivity index (χ2n) is 5.65. The molecule has 18 heavy (non-hydrogen) atoms. The minimum atomic E-state index is -0.650. The van der Waals surface area contributed by atoms with Crippen LogP contribution in [0.2, 0.25) is 0 Å². The van der Waals surface area contributed by atoms with E-state index in [-0.39, 0.29) is 0 Å². The van der Waals surface area contributed by atoms with E-state index in [0.29, 0.717) is 25.0 Å². The normalized spacial score (nSPS) is 36.9. The van der Waals surface area contributed by atoms with Crippen molar-refractivity contribution in [1.82, 2.24) is 0 Å². The SMILES string of the molecule is OC1(c2cccc3c2OCCO3)C2CCCCC21. The number of fused-ring (bicyclic) bond motifs is 2. The van der Waals surface area contributed by atoms with Crippen molar-refractivity contribution in [2.45, 2.75) is 31.3 Å². The Morgan fingerprint density at radius 3 is 2.56 bits per heavy atom. The molecule has 1 heterocycles. The molecule has 4 rings (SSSR count). The lowest BCUT2D eigenvalue weighted by Crippen LogP contribution is -2.20. The zero-order chi connectivity index (χ0) is 12.2. The van der Waals surface area contributed by atoms with Gasteiger partial charge in [0.05, 0.1) is 5.60 Å². The molecule has 0 amide bonds. The van der Waals surface area contributed by atoms with E-state index >= 15 is 0 Å². The lowest BCUT2D eigenvalue weighted by Gasteiger charge is -2.23. The summed E-state index contributed by atoms with van der Waals surface area (Å²) in [7, 11) is 0. The van der Waals surface area contributed by atoms with Crippen LogP contribution in [0.3, 0.4) is 0 Å². The van der Waals surface area contributed by atoms with E-state index in [1.807, 2.05) is 18.2 Å². The van der Waals surface area contributed by atoms with Crippen LogP contribution in [0.25, 0.3) is 0 Å². The number of aliphatic hydroxyl groups is 1. The van der Waals surface area contributed by atoms with Gasteiger partial charge in [-0.2, -0.15) is 0 Å². The van der Waals surface area contributed by atoms with Gasteiger partial charge < -0.3 is 14.6 Å². The van der Waals surface area contributed by atoms with Crippen LogP contribution in [0, 0.1) is 11.8 Å². The number of para-hydroxylation sites is 1. The molecular formula is C15H18O3. The number of hydrogen-bond donors (Lipinski definition) is 1. The summed E-state index contributed by atoms with van der Waals surface area (Å²) >= 11 is 0. The molecule has 3 aliphatic rings. The van der Waals surface area contributed by atoms with Gasteiger partial charge in [-0.25, -0.2) is 0 Å². The Labute approximate surface area is 107 Å². The van der Waals surface area contributed by atoms with Gasteiger partial charge in [-0.05, 0) is 30.7 Å². The Hall–Kier alpha value is -1.22. The van der Waals surface area contributed by atoms with Gasteiger partial charge in [0.2, 0.25) is 0 Å². The van der Waals surface area contributed by atoms with Gasteiger partial charge in [0.25, 0.3) is 0 Å². The summed E-state index contributed by atoms with van der Waals surface area (Å²) in [5, 5.41) is 11.0. The number of benzene rings is 1. The summed E-state index contributed by atoms with van der Waals surface area (Å²) in [4.78, 5) is 0. The third kappa shape index (κ3) is 1.28. The molecule has 2 saturated carbocycles. The van der Waals surface area contributed by atoms with Crippen molar-refractivity contribution >= 4 is 0 Å². The molecule has 1 aromatic carbocycles. The van der Waals surface area contributed by atoms with Gasteiger partial charge in [-0.1, -0.05) is 25.0 Å². The Morgan fingerprint density at radius 1 is 1.06 bits per heavy atom. The maximum atomic E-state index is 11.0. The van der Waals surface area contributed by atoms with Crippen molar-refractivity contribution in [1.29, 1.82) is 0 Å². The molecule has 1 N–H and O–H groups in total. The van der Waals surface area contributed by atoms with Crippen LogP contribution < -0.4 is 9.47 Å². The fraction of sp³-hybridized carbons (Fsp3) is 0.600. The van der Waals surface area contributed by atoms with Crippen molar-refractivity contribution in [3.63, 3.8) is 0 Å². The molecule has 2 fully saturated rings. The minimum absolute atomic E-state index is 0.434. The first kappa shape index (κ1) is 10.7. The maximum Gasteiger partial charge on any atom is 0.167 e. The molecule has 1 aliphatic heterocycles. The van der Waals surface area contributed by atoms with Crippen molar-refractivity contribution in [3.05, 3.63) is 23.8 Å². The van der Waals surface area contributed by atoms with E-state index in [1.54, 1.807) is 0 Å². The van der Waals surface area contributed by atoms with E-state index in [0.717, 1.165) is 29.9 Å². The summed E-state index contributed by atoms with van der Waals surface area (Å²) in [6, 6.07) is 5.89. The minimum Gasteiger partial charge on any atom is -0.486 e. The van der Waals surface area contributed by atoms with Crippen LogP contribution in [-0.2, 0) is 5.60 Å². The van der Waals surface area contributed by atoms with E-state index < -0.39 is 5.60 Å². The Morgan fingerprint density at radius 2 is 1.78 bits per heavy atom. The molecule has 0 saturated heterocycles. The first-order chi connectivity index (χ1) is 8.82. The fourth-order valence-corrected chi connectivity index (χ4v) is 3.88. The molecule has 2 aliphatic carbocycles. The first-order valence-corrected chi connectivity index (χ1v) is 6.93. The Bertz CT molecular complexity index is 471. The molecule has 0 bridgehead atoms.